The monoisotopic (exact) mass is 192 g/mol. The molecule has 1 rings (SSSR count). The van der Waals surface area contributed by atoms with E-state index in [-0.39, 0.29) is 12.5 Å². The van der Waals surface area contributed by atoms with Crippen molar-refractivity contribution < 1.29 is 4.79 Å². The quantitative estimate of drug-likeness (QED) is 0.651. The lowest BCUT2D eigenvalue weighted by atomic mass is 10.3. The number of hydrogen-bond acceptors (Lipinski definition) is 3. The first-order valence-corrected chi connectivity index (χ1v) is 4.35. The fourth-order valence-corrected chi connectivity index (χ4v) is 1.16. The minimum atomic E-state index is -0.158. The molecule has 0 aliphatic rings. The molecule has 74 valence electrons. The first-order chi connectivity index (χ1) is 6.70. The Morgan fingerprint density at radius 1 is 1.79 bits per heavy atom. The molecule has 0 aliphatic carbocycles. The van der Waals surface area contributed by atoms with Crippen LogP contribution in [0.1, 0.15) is 17.4 Å². The van der Waals surface area contributed by atoms with Gasteiger partial charge in [-0.05, 0) is 13.0 Å². The van der Waals surface area contributed by atoms with E-state index in [4.69, 9.17) is 5.26 Å². The third-order valence-corrected chi connectivity index (χ3v) is 1.97. The summed E-state index contributed by atoms with van der Waals surface area (Å²) < 4.78 is 1.50. The highest BCUT2D eigenvalue weighted by molar-refractivity contribution is 5.92. The van der Waals surface area contributed by atoms with Gasteiger partial charge in [-0.25, -0.2) is 0 Å². The molecule has 0 atom stereocenters. The van der Waals surface area contributed by atoms with Gasteiger partial charge in [0, 0.05) is 19.8 Å². The summed E-state index contributed by atoms with van der Waals surface area (Å²) in [4.78, 5) is 13.2. The van der Waals surface area contributed by atoms with Crippen LogP contribution < -0.4 is 0 Å². The van der Waals surface area contributed by atoms with Gasteiger partial charge in [-0.1, -0.05) is 0 Å². The summed E-state index contributed by atoms with van der Waals surface area (Å²) in [5.74, 6) is -0.158. The lowest BCUT2D eigenvalue weighted by Gasteiger charge is -2.16. The van der Waals surface area contributed by atoms with Crippen LogP contribution in [0.5, 0.6) is 0 Å². The van der Waals surface area contributed by atoms with Crippen LogP contribution in [-0.4, -0.2) is 33.7 Å². The van der Waals surface area contributed by atoms with E-state index in [1.807, 2.05) is 13.0 Å². The fraction of sp³-hybridized carbons (Fsp3) is 0.444. The molecule has 5 heteroatoms. The molecule has 5 nitrogen and oxygen atoms in total. The van der Waals surface area contributed by atoms with E-state index in [1.54, 1.807) is 19.3 Å². The number of hydrogen-bond donors (Lipinski definition) is 0. The Hall–Kier alpha value is -1.83. The predicted molar refractivity (Wildman–Crippen MR) is 50.4 cm³/mol. The molecule has 0 aromatic carbocycles. The van der Waals surface area contributed by atoms with Crippen molar-refractivity contribution in [2.75, 3.05) is 13.1 Å². The number of nitriles is 1. The van der Waals surface area contributed by atoms with E-state index in [1.165, 1.54) is 9.58 Å². The van der Waals surface area contributed by atoms with E-state index in [2.05, 4.69) is 5.10 Å². The van der Waals surface area contributed by atoms with Gasteiger partial charge >= 0.3 is 0 Å². The van der Waals surface area contributed by atoms with E-state index in [9.17, 15) is 4.79 Å². The zero-order chi connectivity index (χ0) is 10.6. The van der Waals surface area contributed by atoms with E-state index in [0.717, 1.165) is 0 Å². The number of aryl methyl sites for hydroxylation is 1. The molecule has 0 saturated carbocycles. The summed E-state index contributed by atoms with van der Waals surface area (Å²) >= 11 is 0. The van der Waals surface area contributed by atoms with E-state index >= 15 is 0 Å². The number of rotatable bonds is 3. The lowest BCUT2D eigenvalue weighted by molar-refractivity contribution is 0.0773. The Kier molecular flexibility index (Phi) is 3.24. The van der Waals surface area contributed by atoms with Gasteiger partial charge in [0.2, 0.25) is 0 Å². The molecule has 14 heavy (non-hydrogen) atoms. The molecule has 0 saturated heterocycles. The highest BCUT2D eigenvalue weighted by Crippen LogP contribution is 2.02. The van der Waals surface area contributed by atoms with Gasteiger partial charge in [0.05, 0.1) is 6.07 Å². The van der Waals surface area contributed by atoms with Crippen LogP contribution in [-0.2, 0) is 7.05 Å². The molecule has 0 fully saturated rings. The molecule has 0 radical (unpaired) electrons. The summed E-state index contributed by atoms with van der Waals surface area (Å²) in [5, 5.41) is 12.4. The molecule has 0 N–H and O–H groups in total. The fourth-order valence-electron chi connectivity index (χ4n) is 1.16. The second-order valence-electron chi connectivity index (χ2n) is 2.82. The standard InChI is InChI=1S/C9H12N4O/c1-3-13(7-5-10)9(14)8-4-6-11-12(8)2/h4,6H,3,7H2,1-2H3. The minimum absolute atomic E-state index is 0.112. The predicted octanol–water partition coefficient (Wildman–Crippen LogP) is 0.406. The zero-order valence-electron chi connectivity index (χ0n) is 8.27. The third kappa shape index (κ3) is 1.91. The zero-order valence-corrected chi connectivity index (χ0v) is 8.27. The molecule has 0 unspecified atom stereocenters. The average Bonchev–Trinajstić information content (AvgIpc) is 2.59. The first kappa shape index (κ1) is 10.3. The van der Waals surface area contributed by atoms with Crippen LogP contribution in [0.2, 0.25) is 0 Å². The Balaban J connectivity index is 2.84. The average molecular weight is 192 g/mol. The van der Waals surface area contributed by atoms with Crippen molar-refractivity contribution in [2.24, 2.45) is 7.05 Å². The number of aromatic nitrogens is 2. The van der Waals surface area contributed by atoms with Crippen molar-refractivity contribution in [3.63, 3.8) is 0 Å². The van der Waals surface area contributed by atoms with Crippen LogP contribution in [0.15, 0.2) is 12.3 Å². The Bertz CT molecular complexity index is 363. The number of carbonyl (C=O) groups excluding carboxylic acids is 1. The van der Waals surface area contributed by atoms with Crippen LogP contribution >= 0.6 is 0 Å². The maximum absolute atomic E-state index is 11.8. The molecule has 1 amide bonds. The van der Waals surface area contributed by atoms with Crippen molar-refractivity contribution in [2.45, 2.75) is 6.92 Å². The molecule has 1 heterocycles. The molecule has 1 aromatic rings. The number of amides is 1. The van der Waals surface area contributed by atoms with Gasteiger partial charge < -0.3 is 4.90 Å². The molecule has 0 bridgehead atoms. The summed E-state index contributed by atoms with van der Waals surface area (Å²) in [7, 11) is 1.70. The minimum Gasteiger partial charge on any atom is -0.324 e. The molecular weight excluding hydrogens is 180 g/mol. The van der Waals surface area contributed by atoms with Crippen molar-refractivity contribution in [3.8, 4) is 6.07 Å². The SMILES string of the molecule is CCN(CC#N)C(=O)c1ccnn1C. The largest absolute Gasteiger partial charge is 0.324 e. The summed E-state index contributed by atoms with van der Waals surface area (Å²) in [6, 6.07) is 3.60. The van der Waals surface area contributed by atoms with Gasteiger partial charge in [0.1, 0.15) is 12.2 Å². The first-order valence-electron chi connectivity index (χ1n) is 4.35. The number of nitrogens with zero attached hydrogens (tertiary/aromatic N) is 4. The van der Waals surface area contributed by atoms with Crippen molar-refractivity contribution in [1.82, 2.24) is 14.7 Å². The Morgan fingerprint density at radius 3 is 2.93 bits per heavy atom. The van der Waals surface area contributed by atoms with Crippen molar-refractivity contribution in [3.05, 3.63) is 18.0 Å². The third-order valence-electron chi connectivity index (χ3n) is 1.97. The maximum Gasteiger partial charge on any atom is 0.272 e. The summed E-state index contributed by atoms with van der Waals surface area (Å²) in [6.45, 7) is 2.48. The molecule has 1 aromatic heterocycles. The second kappa shape index (κ2) is 4.42. The number of carbonyl (C=O) groups is 1. The highest BCUT2D eigenvalue weighted by atomic mass is 16.2. The van der Waals surface area contributed by atoms with Crippen LogP contribution in [0.4, 0.5) is 0 Å². The van der Waals surface area contributed by atoms with Gasteiger partial charge in [-0.3, -0.25) is 9.48 Å². The smallest absolute Gasteiger partial charge is 0.272 e. The van der Waals surface area contributed by atoms with Gasteiger partial charge in [0.25, 0.3) is 5.91 Å². The Morgan fingerprint density at radius 2 is 2.50 bits per heavy atom. The summed E-state index contributed by atoms with van der Waals surface area (Å²) in [5.41, 5.74) is 0.502. The summed E-state index contributed by atoms with van der Waals surface area (Å²) in [6.07, 6.45) is 1.56. The van der Waals surface area contributed by atoms with E-state index < -0.39 is 0 Å². The molecular formula is C9H12N4O. The van der Waals surface area contributed by atoms with Crippen molar-refractivity contribution in [1.29, 1.82) is 5.26 Å². The second-order valence-corrected chi connectivity index (χ2v) is 2.82. The molecule has 0 aliphatic heterocycles. The van der Waals surface area contributed by atoms with Gasteiger partial charge in [-0.2, -0.15) is 10.4 Å². The van der Waals surface area contributed by atoms with Crippen LogP contribution in [0.25, 0.3) is 0 Å². The Labute approximate surface area is 82.5 Å². The van der Waals surface area contributed by atoms with Gasteiger partial charge in [-0.15, -0.1) is 0 Å². The van der Waals surface area contributed by atoms with E-state index in [0.29, 0.717) is 12.2 Å². The topological polar surface area (TPSA) is 61.9 Å². The highest BCUT2D eigenvalue weighted by Gasteiger charge is 2.16. The van der Waals surface area contributed by atoms with Crippen molar-refractivity contribution >= 4 is 5.91 Å². The van der Waals surface area contributed by atoms with Crippen LogP contribution in [0, 0.1) is 11.3 Å². The molecule has 0 spiro atoms. The normalized spacial score (nSPS) is 9.50. The lowest BCUT2D eigenvalue weighted by Crippen LogP contribution is -2.32. The van der Waals surface area contributed by atoms with Crippen LogP contribution in [0.3, 0.4) is 0 Å². The maximum atomic E-state index is 11.8. The van der Waals surface area contributed by atoms with Gasteiger partial charge in [0.15, 0.2) is 0 Å².